The second kappa shape index (κ2) is 10.6. The Morgan fingerprint density at radius 1 is 0.778 bits per heavy atom. The molecule has 3 rings (SSSR count). The van der Waals surface area contributed by atoms with E-state index >= 15 is 0 Å². The van der Waals surface area contributed by atoms with Crippen molar-refractivity contribution in [2.75, 3.05) is 27.2 Å². The van der Waals surface area contributed by atoms with Gasteiger partial charge in [-0.05, 0) is 50.9 Å². The van der Waals surface area contributed by atoms with Gasteiger partial charge in [-0.15, -0.1) is 0 Å². The minimum atomic E-state index is 0.441. The highest BCUT2D eigenvalue weighted by Crippen LogP contribution is 2.27. The highest BCUT2D eigenvalue weighted by molar-refractivity contribution is 5.17. The van der Waals surface area contributed by atoms with Crippen molar-refractivity contribution in [1.29, 1.82) is 0 Å². The van der Waals surface area contributed by atoms with Crippen molar-refractivity contribution in [3.63, 3.8) is 0 Å². The molecule has 1 fully saturated rings. The van der Waals surface area contributed by atoms with Crippen LogP contribution < -0.4 is 0 Å². The molecule has 0 bridgehead atoms. The molecule has 0 heterocycles. The molecular weight excluding hydrogens is 332 g/mol. The summed E-state index contributed by atoms with van der Waals surface area (Å²) >= 11 is 0. The highest BCUT2D eigenvalue weighted by Gasteiger charge is 2.26. The summed E-state index contributed by atoms with van der Waals surface area (Å²) < 4.78 is 6.10. The van der Waals surface area contributed by atoms with Gasteiger partial charge >= 0.3 is 0 Å². The summed E-state index contributed by atoms with van der Waals surface area (Å²) in [4.78, 5) is 4.85. The van der Waals surface area contributed by atoms with Crippen LogP contribution in [0.4, 0.5) is 0 Å². The zero-order chi connectivity index (χ0) is 18.9. The summed E-state index contributed by atoms with van der Waals surface area (Å²) in [6.07, 6.45) is 5.26. The Kier molecular flexibility index (Phi) is 7.88. The molecule has 0 amide bonds. The predicted octanol–water partition coefficient (Wildman–Crippen LogP) is 4.58. The van der Waals surface area contributed by atoms with Crippen LogP contribution in [0, 0.1) is 0 Å². The highest BCUT2D eigenvalue weighted by atomic mass is 16.5. The SMILES string of the molecule is CN(C)CCO[C@H]1CC[C@H](N(Cc2ccccc2)Cc2ccccc2)CC1. The van der Waals surface area contributed by atoms with Crippen LogP contribution in [0.25, 0.3) is 0 Å². The molecule has 2 aromatic rings. The Bertz CT molecular complexity index is 594. The van der Waals surface area contributed by atoms with Crippen molar-refractivity contribution in [2.45, 2.75) is 50.9 Å². The van der Waals surface area contributed by atoms with Crippen LogP contribution in [0.15, 0.2) is 60.7 Å². The fraction of sp³-hybridized carbons (Fsp3) is 0.500. The normalized spacial score (nSPS) is 20.3. The van der Waals surface area contributed by atoms with Gasteiger partial charge in [0.1, 0.15) is 0 Å². The lowest BCUT2D eigenvalue weighted by molar-refractivity contribution is -0.000386. The van der Waals surface area contributed by atoms with Gasteiger partial charge in [-0.1, -0.05) is 60.7 Å². The van der Waals surface area contributed by atoms with Crippen molar-refractivity contribution < 1.29 is 4.74 Å². The molecular formula is C24H34N2O. The summed E-state index contributed by atoms with van der Waals surface area (Å²) in [7, 11) is 4.20. The lowest BCUT2D eigenvalue weighted by Crippen LogP contribution is -2.39. The van der Waals surface area contributed by atoms with Crippen LogP contribution in [0.2, 0.25) is 0 Å². The average molecular weight is 367 g/mol. The number of rotatable bonds is 9. The Labute approximate surface area is 164 Å². The van der Waals surface area contributed by atoms with Gasteiger partial charge in [0, 0.05) is 25.7 Å². The fourth-order valence-electron chi connectivity index (χ4n) is 3.93. The van der Waals surface area contributed by atoms with Crippen LogP contribution in [0.5, 0.6) is 0 Å². The maximum absolute atomic E-state index is 6.10. The average Bonchev–Trinajstić information content (AvgIpc) is 2.69. The van der Waals surface area contributed by atoms with E-state index in [0.29, 0.717) is 12.1 Å². The van der Waals surface area contributed by atoms with Gasteiger partial charge < -0.3 is 9.64 Å². The van der Waals surface area contributed by atoms with E-state index in [4.69, 9.17) is 4.74 Å². The molecule has 0 N–H and O–H groups in total. The van der Waals surface area contributed by atoms with Crippen molar-refractivity contribution >= 4 is 0 Å². The number of hydrogen-bond donors (Lipinski definition) is 0. The third kappa shape index (κ3) is 6.76. The van der Waals surface area contributed by atoms with Gasteiger partial charge in [0.25, 0.3) is 0 Å². The van der Waals surface area contributed by atoms with Gasteiger partial charge in [-0.3, -0.25) is 4.90 Å². The van der Waals surface area contributed by atoms with Gasteiger partial charge in [-0.2, -0.15) is 0 Å². The molecule has 0 aromatic heterocycles. The van der Waals surface area contributed by atoms with Crippen LogP contribution in [0.1, 0.15) is 36.8 Å². The second-order valence-electron chi connectivity index (χ2n) is 7.98. The molecule has 1 aliphatic rings. The van der Waals surface area contributed by atoms with E-state index in [1.165, 1.54) is 36.8 Å². The maximum Gasteiger partial charge on any atom is 0.0596 e. The molecule has 0 radical (unpaired) electrons. The van der Waals surface area contributed by atoms with E-state index < -0.39 is 0 Å². The lowest BCUT2D eigenvalue weighted by atomic mass is 9.91. The Morgan fingerprint density at radius 3 is 1.78 bits per heavy atom. The topological polar surface area (TPSA) is 15.7 Å². The first-order chi connectivity index (χ1) is 13.2. The largest absolute Gasteiger partial charge is 0.377 e. The van der Waals surface area contributed by atoms with Crippen molar-refractivity contribution in [3.05, 3.63) is 71.8 Å². The van der Waals surface area contributed by atoms with Crippen LogP contribution in [-0.2, 0) is 17.8 Å². The lowest BCUT2D eigenvalue weighted by Gasteiger charge is -2.37. The first-order valence-corrected chi connectivity index (χ1v) is 10.3. The third-order valence-electron chi connectivity index (χ3n) is 5.51. The summed E-state index contributed by atoms with van der Waals surface area (Å²) in [5, 5.41) is 0. The Hall–Kier alpha value is -1.68. The first-order valence-electron chi connectivity index (χ1n) is 10.3. The zero-order valence-electron chi connectivity index (χ0n) is 16.9. The molecule has 1 aliphatic carbocycles. The number of benzene rings is 2. The summed E-state index contributed by atoms with van der Waals surface area (Å²) in [5.41, 5.74) is 2.80. The Morgan fingerprint density at radius 2 is 1.30 bits per heavy atom. The minimum Gasteiger partial charge on any atom is -0.377 e. The molecule has 3 heteroatoms. The summed E-state index contributed by atoms with van der Waals surface area (Å²) in [5.74, 6) is 0. The van der Waals surface area contributed by atoms with E-state index in [2.05, 4.69) is 84.6 Å². The third-order valence-corrected chi connectivity index (χ3v) is 5.51. The van der Waals surface area contributed by atoms with Crippen molar-refractivity contribution in [3.8, 4) is 0 Å². The van der Waals surface area contributed by atoms with Gasteiger partial charge in [0.15, 0.2) is 0 Å². The fourth-order valence-corrected chi connectivity index (χ4v) is 3.93. The molecule has 0 atom stereocenters. The van der Waals surface area contributed by atoms with Gasteiger partial charge in [0.2, 0.25) is 0 Å². The standard InChI is InChI=1S/C24H34N2O/c1-25(2)17-18-27-24-15-13-23(14-16-24)26(19-21-9-5-3-6-10-21)20-22-11-7-4-8-12-22/h3-12,23-24H,13-20H2,1-2H3/t23-,24-. The monoisotopic (exact) mass is 366 g/mol. The number of nitrogens with zero attached hydrogens (tertiary/aromatic N) is 2. The summed E-state index contributed by atoms with van der Waals surface area (Å²) in [6.45, 7) is 3.90. The van der Waals surface area contributed by atoms with E-state index in [1.54, 1.807) is 0 Å². The van der Waals surface area contributed by atoms with E-state index in [0.717, 1.165) is 26.2 Å². The van der Waals surface area contributed by atoms with Crippen LogP contribution >= 0.6 is 0 Å². The predicted molar refractivity (Wildman–Crippen MR) is 113 cm³/mol. The van der Waals surface area contributed by atoms with Crippen molar-refractivity contribution in [1.82, 2.24) is 9.80 Å². The zero-order valence-corrected chi connectivity index (χ0v) is 16.9. The number of likely N-dealkylation sites (N-methyl/N-ethyl adjacent to an activating group) is 1. The molecule has 146 valence electrons. The molecule has 0 saturated heterocycles. The van der Waals surface area contributed by atoms with Crippen molar-refractivity contribution in [2.24, 2.45) is 0 Å². The maximum atomic E-state index is 6.10. The molecule has 2 aromatic carbocycles. The van der Waals surface area contributed by atoms with E-state index in [1.807, 2.05) is 0 Å². The molecule has 3 nitrogen and oxygen atoms in total. The Balaban J connectivity index is 1.58. The van der Waals surface area contributed by atoms with E-state index in [9.17, 15) is 0 Å². The summed E-state index contributed by atoms with van der Waals surface area (Å²) in [6, 6.07) is 22.4. The molecule has 1 saturated carbocycles. The van der Waals surface area contributed by atoms with Gasteiger partial charge in [0.05, 0.1) is 12.7 Å². The smallest absolute Gasteiger partial charge is 0.0596 e. The molecule has 0 unspecified atom stereocenters. The molecule has 27 heavy (non-hydrogen) atoms. The number of hydrogen-bond acceptors (Lipinski definition) is 3. The number of ether oxygens (including phenoxy) is 1. The van der Waals surface area contributed by atoms with Crippen LogP contribution in [0.3, 0.4) is 0 Å². The second-order valence-corrected chi connectivity index (χ2v) is 7.98. The molecule has 0 spiro atoms. The van der Waals surface area contributed by atoms with Crippen LogP contribution in [-0.4, -0.2) is 49.2 Å². The minimum absolute atomic E-state index is 0.441. The first kappa shape index (κ1) is 20.1. The quantitative estimate of drug-likeness (QED) is 0.646. The molecule has 0 aliphatic heterocycles. The van der Waals surface area contributed by atoms with E-state index in [-0.39, 0.29) is 0 Å². The van der Waals surface area contributed by atoms with Gasteiger partial charge in [-0.25, -0.2) is 0 Å².